The molecule has 0 unspecified atom stereocenters. The van der Waals surface area contributed by atoms with Gasteiger partial charge in [-0.05, 0) is 43.3 Å². The van der Waals surface area contributed by atoms with Gasteiger partial charge in [0.25, 0.3) is 5.89 Å². The van der Waals surface area contributed by atoms with Gasteiger partial charge in [-0.2, -0.15) is 5.10 Å². The zero-order chi connectivity index (χ0) is 18.3. The molecule has 7 nitrogen and oxygen atoms in total. The van der Waals surface area contributed by atoms with Crippen molar-refractivity contribution in [3.05, 3.63) is 60.1 Å². The number of fused-ring (bicyclic) bond motifs is 1. The van der Waals surface area contributed by atoms with E-state index < -0.39 is 5.91 Å². The lowest BCUT2D eigenvalue weighted by molar-refractivity contribution is 0.0992. The van der Waals surface area contributed by atoms with Crippen LogP contribution in [0, 0.1) is 6.92 Å². The number of nitrogen functional groups attached to an aromatic ring is 1. The summed E-state index contributed by atoms with van der Waals surface area (Å²) in [5, 5.41) is 7.09. The minimum Gasteiger partial charge on any atom is -0.432 e. The Kier molecular flexibility index (Phi) is 3.69. The summed E-state index contributed by atoms with van der Waals surface area (Å²) in [6, 6.07) is 14.5. The summed E-state index contributed by atoms with van der Waals surface area (Å²) in [5.74, 6) is -0.416. The number of nitrogens with one attached hydrogen (secondary N) is 1. The van der Waals surface area contributed by atoms with Crippen molar-refractivity contribution < 1.29 is 9.21 Å². The number of oxazole rings is 1. The topological polar surface area (TPSA) is 99.0 Å². The molecule has 0 saturated carbocycles. The number of carbonyl (C=O) groups excluding carboxylic acids is 1. The van der Waals surface area contributed by atoms with Gasteiger partial charge in [0.1, 0.15) is 5.52 Å². The van der Waals surface area contributed by atoms with Crippen molar-refractivity contribution in [2.45, 2.75) is 6.92 Å². The molecule has 3 N–H and O–H groups in total. The lowest BCUT2D eigenvalue weighted by atomic mass is 10.1. The molecule has 26 heavy (non-hydrogen) atoms. The fourth-order valence-corrected chi connectivity index (χ4v) is 2.89. The van der Waals surface area contributed by atoms with Gasteiger partial charge < -0.3 is 15.5 Å². The smallest absolute Gasteiger partial charge is 0.311 e. The van der Waals surface area contributed by atoms with Crippen LogP contribution in [0.5, 0.6) is 0 Å². The molecule has 0 saturated heterocycles. The standard InChI is InChI=1S/C19H17N5O2/c1-11-9-16(24(2)23-11)13-8-7-12(10-14(13)20)21-18(25)19-22-15-5-3-4-6-17(15)26-19/h3-10H,20H2,1-2H3,(H,21,25). The molecule has 0 atom stereocenters. The lowest BCUT2D eigenvalue weighted by Crippen LogP contribution is -2.12. The molecular weight excluding hydrogens is 330 g/mol. The number of aryl methyl sites for hydroxylation is 2. The predicted molar refractivity (Wildman–Crippen MR) is 99.8 cm³/mol. The van der Waals surface area contributed by atoms with Crippen molar-refractivity contribution in [1.82, 2.24) is 14.8 Å². The molecule has 0 aliphatic heterocycles. The maximum absolute atomic E-state index is 12.4. The molecule has 0 bridgehead atoms. The molecule has 7 heteroatoms. The Labute approximate surface area is 149 Å². The number of nitrogens with zero attached hydrogens (tertiary/aromatic N) is 3. The summed E-state index contributed by atoms with van der Waals surface area (Å²) in [6.45, 7) is 1.93. The van der Waals surface area contributed by atoms with Crippen molar-refractivity contribution in [3.8, 4) is 11.3 Å². The summed E-state index contributed by atoms with van der Waals surface area (Å²) < 4.78 is 7.25. The monoisotopic (exact) mass is 347 g/mol. The van der Waals surface area contributed by atoms with Gasteiger partial charge in [-0.15, -0.1) is 0 Å². The molecule has 0 fully saturated rings. The molecule has 2 heterocycles. The first kappa shape index (κ1) is 15.9. The van der Waals surface area contributed by atoms with Crippen molar-refractivity contribution in [2.24, 2.45) is 7.05 Å². The fourth-order valence-electron chi connectivity index (χ4n) is 2.89. The largest absolute Gasteiger partial charge is 0.432 e. The summed E-state index contributed by atoms with van der Waals surface area (Å²) in [6.07, 6.45) is 0. The van der Waals surface area contributed by atoms with Crippen LogP contribution in [0.3, 0.4) is 0 Å². The Balaban J connectivity index is 1.59. The zero-order valence-electron chi connectivity index (χ0n) is 14.4. The lowest BCUT2D eigenvalue weighted by Gasteiger charge is -2.09. The zero-order valence-corrected chi connectivity index (χ0v) is 14.4. The van der Waals surface area contributed by atoms with Crippen LogP contribution in [0.1, 0.15) is 16.4 Å². The second-order valence-electron chi connectivity index (χ2n) is 6.04. The number of hydrogen-bond acceptors (Lipinski definition) is 5. The first-order valence-electron chi connectivity index (χ1n) is 8.09. The minimum atomic E-state index is -0.426. The van der Waals surface area contributed by atoms with Crippen LogP contribution < -0.4 is 11.1 Å². The van der Waals surface area contributed by atoms with E-state index in [0.29, 0.717) is 22.5 Å². The van der Waals surface area contributed by atoms with Crippen LogP contribution in [-0.2, 0) is 7.05 Å². The van der Waals surface area contributed by atoms with Gasteiger partial charge in [0.15, 0.2) is 5.58 Å². The van der Waals surface area contributed by atoms with Crippen molar-refractivity contribution in [3.63, 3.8) is 0 Å². The van der Waals surface area contributed by atoms with Crippen molar-refractivity contribution in [2.75, 3.05) is 11.1 Å². The third kappa shape index (κ3) is 2.79. The maximum Gasteiger partial charge on any atom is 0.311 e. The number of amides is 1. The van der Waals surface area contributed by atoms with Crippen LogP contribution in [0.4, 0.5) is 11.4 Å². The van der Waals surface area contributed by atoms with E-state index >= 15 is 0 Å². The summed E-state index contributed by atoms with van der Waals surface area (Å²) in [4.78, 5) is 16.6. The number of benzene rings is 2. The first-order chi connectivity index (χ1) is 12.5. The average Bonchev–Trinajstić information content (AvgIpc) is 3.18. The van der Waals surface area contributed by atoms with Gasteiger partial charge in [-0.1, -0.05) is 12.1 Å². The Morgan fingerprint density at radius 3 is 2.69 bits per heavy atom. The summed E-state index contributed by atoms with van der Waals surface area (Å²) in [7, 11) is 1.87. The molecule has 4 rings (SSSR count). The van der Waals surface area contributed by atoms with Gasteiger partial charge in [0.05, 0.1) is 11.4 Å². The van der Waals surface area contributed by atoms with E-state index in [1.54, 1.807) is 28.9 Å². The van der Waals surface area contributed by atoms with Gasteiger partial charge in [0, 0.05) is 24.0 Å². The van der Waals surface area contributed by atoms with Gasteiger partial charge in [-0.25, -0.2) is 4.98 Å². The molecular formula is C19H17N5O2. The normalized spacial score (nSPS) is 11.0. The minimum absolute atomic E-state index is 0.0103. The maximum atomic E-state index is 12.4. The molecule has 0 aliphatic rings. The fraction of sp³-hybridized carbons (Fsp3) is 0.105. The summed E-state index contributed by atoms with van der Waals surface area (Å²) >= 11 is 0. The van der Waals surface area contributed by atoms with E-state index in [2.05, 4.69) is 15.4 Å². The number of rotatable bonds is 3. The molecule has 2 aromatic heterocycles. The Morgan fingerprint density at radius 1 is 1.19 bits per heavy atom. The molecule has 4 aromatic rings. The second-order valence-corrected chi connectivity index (χ2v) is 6.04. The molecule has 0 aliphatic carbocycles. The predicted octanol–water partition coefficient (Wildman–Crippen LogP) is 3.37. The quantitative estimate of drug-likeness (QED) is 0.554. The SMILES string of the molecule is Cc1cc(-c2ccc(NC(=O)c3nc4ccccc4o3)cc2N)n(C)n1. The Hall–Kier alpha value is -3.61. The third-order valence-corrected chi connectivity index (χ3v) is 4.08. The van der Waals surface area contributed by atoms with Crippen LogP contribution in [-0.4, -0.2) is 20.7 Å². The summed E-state index contributed by atoms with van der Waals surface area (Å²) in [5.41, 5.74) is 11.2. The Morgan fingerprint density at radius 2 is 2.00 bits per heavy atom. The van der Waals surface area contributed by atoms with Crippen LogP contribution in [0.25, 0.3) is 22.4 Å². The second kappa shape index (κ2) is 6.03. The molecule has 2 aromatic carbocycles. The highest BCUT2D eigenvalue weighted by Crippen LogP contribution is 2.29. The van der Waals surface area contributed by atoms with Gasteiger partial charge in [-0.3, -0.25) is 9.48 Å². The number of para-hydroxylation sites is 2. The van der Waals surface area contributed by atoms with E-state index in [1.807, 2.05) is 38.2 Å². The number of hydrogen-bond donors (Lipinski definition) is 2. The number of anilines is 2. The molecule has 0 radical (unpaired) electrons. The molecule has 1 amide bonds. The van der Waals surface area contributed by atoms with E-state index in [-0.39, 0.29) is 5.89 Å². The van der Waals surface area contributed by atoms with Crippen LogP contribution >= 0.6 is 0 Å². The van der Waals surface area contributed by atoms with Crippen molar-refractivity contribution >= 4 is 28.4 Å². The van der Waals surface area contributed by atoms with E-state index in [1.165, 1.54) is 0 Å². The highest BCUT2D eigenvalue weighted by Gasteiger charge is 2.15. The van der Waals surface area contributed by atoms with E-state index in [4.69, 9.17) is 10.2 Å². The number of aromatic nitrogens is 3. The van der Waals surface area contributed by atoms with Gasteiger partial charge >= 0.3 is 5.91 Å². The van der Waals surface area contributed by atoms with Crippen LogP contribution in [0.15, 0.2) is 52.9 Å². The first-order valence-corrected chi connectivity index (χ1v) is 8.09. The van der Waals surface area contributed by atoms with E-state index in [9.17, 15) is 4.79 Å². The number of nitrogens with two attached hydrogens (primary N) is 1. The molecule has 130 valence electrons. The van der Waals surface area contributed by atoms with Crippen LogP contribution in [0.2, 0.25) is 0 Å². The van der Waals surface area contributed by atoms with E-state index in [0.717, 1.165) is 17.0 Å². The van der Waals surface area contributed by atoms with Crippen molar-refractivity contribution in [1.29, 1.82) is 0 Å². The number of carbonyl (C=O) groups is 1. The Bertz CT molecular complexity index is 1090. The van der Waals surface area contributed by atoms with Gasteiger partial charge in [0.2, 0.25) is 0 Å². The molecule has 0 spiro atoms. The highest BCUT2D eigenvalue weighted by molar-refractivity contribution is 6.02. The highest BCUT2D eigenvalue weighted by atomic mass is 16.4. The average molecular weight is 347 g/mol. The third-order valence-electron chi connectivity index (χ3n) is 4.08.